The molecule has 0 spiro atoms. The largest absolute Gasteiger partial charge is 0.507 e. The first-order valence-electron chi connectivity index (χ1n) is 6.79. The van der Waals surface area contributed by atoms with Gasteiger partial charge in [0.25, 0.3) is 0 Å². The van der Waals surface area contributed by atoms with E-state index in [0.29, 0.717) is 5.92 Å². The Kier molecular flexibility index (Phi) is 4.53. The van der Waals surface area contributed by atoms with Crippen molar-refractivity contribution in [1.82, 2.24) is 4.72 Å². The fourth-order valence-corrected chi connectivity index (χ4v) is 3.64. The number of phenolic OH excluding ortho intramolecular Hbond substituents is 1. The summed E-state index contributed by atoms with van der Waals surface area (Å²) in [5, 5.41) is 9.60. The third-order valence-electron chi connectivity index (χ3n) is 3.88. The Labute approximate surface area is 124 Å². The molecule has 7 heteroatoms. The van der Waals surface area contributed by atoms with Crippen LogP contribution >= 0.6 is 0 Å². The second-order valence-corrected chi connectivity index (χ2v) is 6.99. The predicted molar refractivity (Wildman–Crippen MR) is 76.6 cm³/mol. The molecule has 1 fully saturated rings. The van der Waals surface area contributed by atoms with Gasteiger partial charge in [0.05, 0.1) is 12.0 Å². The van der Waals surface area contributed by atoms with Crippen molar-refractivity contribution in [3.8, 4) is 5.75 Å². The summed E-state index contributed by atoms with van der Waals surface area (Å²) < 4.78 is 31.8. The molecule has 0 heterocycles. The summed E-state index contributed by atoms with van der Waals surface area (Å²) >= 11 is 0. The van der Waals surface area contributed by atoms with Crippen molar-refractivity contribution in [2.24, 2.45) is 5.92 Å². The lowest BCUT2D eigenvalue weighted by Crippen LogP contribution is -2.40. The summed E-state index contributed by atoms with van der Waals surface area (Å²) in [5.41, 5.74) is -0.170. The third kappa shape index (κ3) is 3.36. The van der Waals surface area contributed by atoms with Crippen LogP contribution in [0, 0.1) is 5.92 Å². The average molecular weight is 313 g/mol. The highest BCUT2D eigenvalue weighted by molar-refractivity contribution is 7.89. The highest BCUT2D eigenvalue weighted by Gasteiger charge is 2.28. The molecule has 1 aliphatic carbocycles. The maximum atomic E-state index is 12.3. The van der Waals surface area contributed by atoms with Gasteiger partial charge in [0.2, 0.25) is 10.0 Å². The van der Waals surface area contributed by atoms with Crippen molar-refractivity contribution < 1.29 is 23.1 Å². The summed E-state index contributed by atoms with van der Waals surface area (Å²) in [7, 11) is -2.56. The molecule has 2 rings (SSSR count). The van der Waals surface area contributed by atoms with Crippen LogP contribution in [-0.2, 0) is 14.8 Å². The van der Waals surface area contributed by atoms with Gasteiger partial charge in [-0.3, -0.25) is 0 Å². The minimum atomic E-state index is -3.73. The molecule has 1 aromatic carbocycles. The van der Waals surface area contributed by atoms with Crippen LogP contribution in [0.1, 0.15) is 36.5 Å². The number of esters is 1. The molecule has 2 N–H and O–H groups in total. The monoisotopic (exact) mass is 313 g/mol. The summed E-state index contributed by atoms with van der Waals surface area (Å²) in [5.74, 6) is -0.735. The Morgan fingerprint density at radius 3 is 2.62 bits per heavy atom. The zero-order valence-corrected chi connectivity index (χ0v) is 12.8. The van der Waals surface area contributed by atoms with Crippen LogP contribution in [0.4, 0.5) is 0 Å². The summed E-state index contributed by atoms with van der Waals surface area (Å²) in [6.45, 7) is 1.84. The summed E-state index contributed by atoms with van der Waals surface area (Å²) in [4.78, 5) is 11.4. The van der Waals surface area contributed by atoms with E-state index >= 15 is 0 Å². The number of nitrogens with one attached hydrogen (secondary N) is 1. The predicted octanol–water partition coefficient (Wildman–Crippen LogP) is 1.65. The fourth-order valence-electron chi connectivity index (χ4n) is 2.30. The van der Waals surface area contributed by atoms with E-state index in [-0.39, 0.29) is 22.3 Å². The molecule has 0 aromatic heterocycles. The number of ether oxygens (including phenoxy) is 1. The Morgan fingerprint density at radius 2 is 2.10 bits per heavy atom. The number of carbonyl (C=O) groups excluding carboxylic acids is 1. The highest BCUT2D eigenvalue weighted by atomic mass is 32.2. The number of rotatable bonds is 5. The van der Waals surface area contributed by atoms with E-state index in [1.165, 1.54) is 19.2 Å². The van der Waals surface area contributed by atoms with Gasteiger partial charge in [-0.15, -0.1) is 0 Å². The molecule has 6 nitrogen and oxygen atoms in total. The van der Waals surface area contributed by atoms with Gasteiger partial charge in [0, 0.05) is 6.04 Å². The molecule has 1 saturated carbocycles. The highest BCUT2D eigenvalue weighted by Crippen LogP contribution is 2.30. The lowest BCUT2D eigenvalue weighted by atomic mass is 9.81. The Morgan fingerprint density at radius 1 is 1.43 bits per heavy atom. The lowest BCUT2D eigenvalue weighted by Gasteiger charge is -2.31. The molecular weight excluding hydrogens is 294 g/mol. The van der Waals surface area contributed by atoms with E-state index in [4.69, 9.17) is 0 Å². The van der Waals surface area contributed by atoms with Gasteiger partial charge < -0.3 is 9.84 Å². The van der Waals surface area contributed by atoms with Crippen LogP contribution in [0.3, 0.4) is 0 Å². The van der Waals surface area contributed by atoms with Crippen LogP contribution < -0.4 is 4.72 Å². The first-order chi connectivity index (χ1) is 9.85. The Hall–Kier alpha value is -1.60. The van der Waals surface area contributed by atoms with Gasteiger partial charge in [0.1, 0.15) is 11.3 Å². The van der Waals surface area contributed by atoms with Crippen molar-refractivity contribution in [2.75, 3.05) is 7.11 Å². The zero-order chi connectivity index (χ0) is 15.6. The average Bonchev–Trinajstić information content (AvgIpc) is 2.35. The second-order valence-electron chi connectivity index (χ2n) is 5.27. The van der Waals surface area contributed by atoms with E-state index < -0.39 is 16.0 Å². The quantitative estimate of drug-likeness (QED) is 0.806. The molecule has 1 unspecified atom stereocenters. The van der Waals surface area contributed by atoms with Crippen molar-refractivity contribution in [1.29, 1.82) is 0 Å². The Bertz CT molecular complexity index is 637. The first-order valence-corrected chi connectivity index (χ1v) is 8.27. The van der Waals surface area contributed by atoms with Gasteiger partial charge in [-0.2, -0.15) is 0 Å². The third-order valence-corrected chi connectivity index (χ3v) is 5.44. The molecule has 0 bridgehead atoms. The number of hydrogen-bond acceptors (Lipinski definition) is 5. The van der Waals surface area contributed by atoms with Crippen molar-refractivity contribution in [3.63, 3.8) is 0 Å². The van der Waals surface area contributed by atoms with Crippen molar-refractivity contribution in [3.05, 3.63) is 23.8 Å². The topological polar surface area (TPSA) is 92.7 Å². The smallest absolute Gasteiger partial charge is 0.341 e. The van der Waals surface area contributed by atoms with Crippen LogP contribution in [0.2, 0.25) is 0 Å². The molecular formula is C14H19NO5S. The van der Waals surface area contributed by atoms with Gasteiger partial charge >= 0.3 is 5.97 Å². The number of carbonyl (C=O) groups is 1. The number of benzene rings is 1. The molecule has 1 atom stereocenters. The number of methoxy groups -OCH3 is 1. The molecule has 21 heavy (non-hydrogen) atoms. The van der Waals surface area contributed by atoms with Crippen LogP contribution in [-0.4, -0.2) is 32.6 Å². The number of aromatic hydroxyl groups is 1. The van der Waals surface area contributed by atoms with Gasteiger partial charge in [-0.25, -0.2) is 17.9 Å². The van der Waals surface area contributed by atoms with Crippen molar-refractivity contribution >= 4 is 16.0 Å². The molecule has 0 saturated heterocycles. The zero-order valence-electron chi connectivity index (χ0n) is 12.0. The molecule has 1 aliphatic rings. The van der Waals surface area contributed by atoms with Crippen LogP contribution in [0.15, 0.2) is 23.1 Å². The maximum Gasteiger partial charge on any atom is 0.341 e. The van der Waals surface area contributed by atoms with E-state index in [0.717, 1.165) is 25.3 Å². The number of hydrogen-bond donors (Lipinski definition) is 2. The van der Waals surface area contributed by atoms with Crippen LogP contribution in [0.25, 0.3) is 0 Å². The molecule has 116 valence electrons. The molecule has 0 radical (unpaired) electrons. The minimum Gasteiger partial charge on any atom is -0.507 e. The van der Waals surface area contributed by atoms with Gasteiger partial charge in [-0.1, -0.05) is 6.42 Å². The van der Waals surface area contributed by atoms with Gasteiger partial charge in [0.15, 0.2) is 0 Å². The van der Waals surface area contributed by atoms with Crippen molar-refractivity contribution in [2.45, 2.75) is 37.1 Å². The fraction of sp³-hybridized carbons (Fsp3) is 0.500. The summed E-state index contributed by atoms with van der Waals surface area (Å²) in [6, 6.07) is 3.41. The normalized spacial score (nSPS) is 17.0. The van der Waals surface area contributed by atoms with E-state index in [2.05, 4.69) is 9.46 Å². The number of sulfonamides is 1. The van der Waals surface area contributed by atoms with E-state index in [9.17, 15) is 18.3 Å². The van der Waals surface area contributed by atoms with Crippen LogP contribution in [0.5, 0.6) is 5.75 Å². The SMILES string of the molecule is COC(=O)c1cc(S(=O)(=O)NC(C)C2CCC2)ccc1O. The Balaban J connectivity index is 2.25. The van der Waals surface area contributed by atoms with E-state index in [1.807, 2.05) is 6.92 Å². The second kappa shape index (κ2) is 6.03. The maximum absolute atomic E-state index is 12.3. The lowest BCUT2D eigenvalue weighted by molar-refractivity contribution is 0.0597. The van der Waals surface area contributed by atoms with Gasteiger partial charge in [-0.05, 0) is 43.9 Å². The standard InChI is InChI=1S/C14H19NO5S/c1-9(10-4-3-5-10)15-21(18,19)11-6-7-13(16)12(8-11)14(17)20-2/h6-10,15-16H,3-5H2,1-2H3. The van der Waals surface area contributed by atoms with E-state index in [1.54, 1.807) is 0 Å². The summed E-state index contributed by atoms with van der Waals surface area (Å²) in [6.07, 6.45) is 3.17. The molecule has 0 amide bonds. The molecule has 1 aromatic rings. The minimum absolute atomic E-state index is 0.0631. The molecule has 0 aliphatic heterocycles. The first kappa shape index (κ1) is 15.8. The number of phenols is 1.